The zero-order valence-electron chi connectivity index (χ0n) is 11.9. The molecule has 7 nitrogen and oxygen atoms in total. The van der Waals surface area contributed by atoms with Gasteiger partial charge in [0.1, 0.15) is 5.69 Å². The molecule has 1 saturated heterocycles. The normalized spacial score (nSPS) is 17.3. The van der Waals surface area contributed by atoms with Crippen molar-refractivity contribution >= 4 is 45.0 Å². The van der Waals surface area contributed by atoms with Gasteiger partial charge in [-0.1, -0.05) is 17.8 Å². The van der Waals surface area contributed by atoms with Crippen LogP contribution >= 0.6 is 23.1 Å². The third kappa shape index (κ3) is 2.53. The van der Waals surface area contributed by atoms with E-state index in [0.29, 0.717) is 22.3 Å². The Morgan fingerprint density at radius 3 is 3.14 bits per heavy atom. The van der Waals surface area contributed by atoms with Crippen molar-refractivity contribution in [3.63, 3.8) is 0 Å². The topological polar surface area (TPSA) is 79.1 Å². The molecule has 0 aromatic carbocycles. The minimum atomic E-state index is -0.351. The molecule has 1 aliphatic heterocycles. The van der Waals surface area contributed by atoms with E-state index in [1.807, 2.05) is 12.3 Å². The SMILES string of the molecule is C/C=C/N1C(=O)CS/C1=N/NC(=O)c1c(C)nc2sccn12. The number of fused-ring (bicyclic) bond motifs is 1. The van der Waals surface area contributed by atoms with Crippen LogP contribution in [0, 0.1) is 6.92 Å². The molecule has 0 atom stereocenters. The van der Waals surface area contributed by atoms with Crippen LogP contribution in [0.2, 0.25) is 0 Å². The number of allylic oxidation sites excluding steroid dienone is 1. The number of nitrogens with zero attached hydrogens (tertiary/aromatic N) is 4. The number of hydrogen-bond acceptors (Lipinski definition) is 6. The van der Waals surface area contributed by atoms with Gasteiger partial charge in [0.15, 0.2) is 10.1 Å². The molecule has 3 rings (SSSR count). The van der Waals surface area contributed by atoms with E-state index in [2.05, 4.69) is 15.5 Å². The van der Waals surface area contributed by atoms with E-state index in [-0.39, 0.29) is 11.8 Å². The maximum absolute atomic E-state index is 12.3. The van der Waals surface area contributed by atoms with Gasteiger partial charge >= 0.3 is 0 Å². The number of amidine groups is 1. The molecule has 22 heavy (non-hydrogen) atoms. The Labute approximate surface area is 134 Å². The number of thiazole rings is 1. The summed E-state index contributed by atoms with van der Waals surface area (Å²) in [7, 11) is 0. The number of rotatable bonds is 3. The number of thioether (sulfide) groups is 1. The molecule has 3 heterocycles. The molecular weight excluding hydrogens is 322 g/mol. The van der Waals surface area contributed by atoms with Gasteiger partial charge in [-0.25, -0.2) is 10.4 Å². The average molecular weight is 335 g/mol. The fourth-order valence-corrected chi connectivity index (χ4v) is 3.64. The molecule has 1 aliphatic rings. The Morgan fingerprint density at radius 1 is 1.55 bits per heavy atom. The Morgan fingerprint density at radius 2 is 2.36 bits per heavy atom. The van der Waals surface area contributed by atoms with Crippen LogP contribution in [-0.2, 0) is 4.79 Å². The van der Waals surface area contributed by atoms with Crippen LogP contribution in [0.5, 0.6) is 0 Å². The third-order valence-corrected chi connectivity index (χ3v) is 4.70. The number of carbonyl (C=O) groups is 2. The molecular formula is C13H13N5O2S2. The van der Waals surface area contributed by atoms with Crippen LogP contribution in [-0.4, -0.2) is 37.0 Å². The number of aromatic nitrogens is 2. The first-order valence-electron chi connectivity index (χ1n) is 6.49. The van der Waals surface area contributed by atoms with Gasteiger partial charge in [-0.15, -0.1) is 16.4 Å². The lowest BCUT2D eigenvalue weighted by atomic mass is 10.3. The molecule has 9 heteroatoms. The summed E-state index contributed by atoms with van der Waals surface area (Å²) in [6.07, 6.45) is 5.17. The van der Waals surface area contributed by atoms with E-state index in [0.717, 1.165) is 4.96 Å². The molecule has 0 saturated carbocycles. The third-order valence-electron chi connectivity index (χ3n) is 3.00. The average Bonchev–Trinajstić information content (AvgIpc) is 3.13. The highest BCUT2D eigenvalue weighted by molar-refractivity contribution is 8.15. The highest BCUT2D eigenvalue weighted by atomic mass is 32.2. The van der Waals surface area contributed by atoms with Gasteiger partial charge in [-0.3, -0.25) is 18.9 Å². The summed E-state index contributed by atoms with van der Waals surface area (Å²) in [4.78, 5) is 30.5. The second-order valence-electron chi connectivity index (χ2n) is 4.47. The van der Waals surface area contributed by atoms with Crippen molar-refractivity contribution in [1.29, 1.82) is 0 Å². The summed E-state index contributed by atoms with van der Waals surface area (Å²) >= 11 is 2.75. The van der Waals surface area contributed by atoms with E-state index in [4.69, 9.17) is 0 Å². The molecule has 0 aliphatic carbocycles. The van der Waals surface area contributed by atoms with Gasteiger partial charge in [-0.2, -0.15) is 0 Å². The summed E-state index contributed by atoms with van der Waals surface area (Å²) in [5.74, 6) is -0.0902. The van der Waals surface area contributed by atoms with Crippen LogP contribution in [0.15, 0.2) is 29.0 Å². The minimum absolute atomic E-state index is 0.0585. The molecule has 0 radical (unpaired) electrons. The van der Waals surface area contributed by atoms with Crippen molar-refractivity contribution in [3.05, 3.63) is 35.2 Å². The number of nitrogens with one attached hydrogen (secondary N) is 1. The maximum Gasteiger partial charge on any atom is 0.290 e. The lowest BCUT2D eigenvalue weighted by Gasteiger charge is -2.09. The molecule has 1 fully saturated rings. The predicted octanol–water partition coefficient (Wildman–Crippen LogP) is 1.81. The van der Waals surface area contributed by atoms with E-state index in [1.165, 1.54) is 28.0 Å². The van der Waals surface area contributed by atoms with E-state index >= 15 is 0 Å². The van der Waals surface area contributed by atoms with Crippen molar-refractivity contribution in [2.45, 2.75) is 13.8 Å². The zero-order chi connectivity index (χ0) is 15.7. The van der Waals surface area contributed by atoms with Crippen molar-refractivity contribution in [2.24, 2.45) is 5.10 Å². The number of amides is 2. The predicted molar refractivity (Wildman–Crippen MR) is 86.8 cm³/mol. The van der Waals surface area contributed by atoms with Crippen LogP contribution in [0.3, 0.4) is 0 Å². The molecule has 114 valence electrons. The highest BCUT2D eigenvalue weighted by Gasteiger charge is 2.27. The Balaban J connectivity index is 1.83. The van der Waals surface area contributed by atoms with E-state index in [9.17, 15) is 9.59 Å². The lowest BCUT2D eigenvalue weighted by Crippen LogP contribution is -2.27. The molecule has 0 unspecified atom stereocenters. The quantitative estimate of drug-likeness (QED) is 0.868. The number of hydrazone groups is 1. The van der Waals surface area contributed by atoms with Gasteiger partial charge in [0.25, 0.3) is 5.91 Å². The van der Waals surface area contributed by atoms with E-state index < -0.39 is 0 Å². The number of hydrogen-bond donors (Lipinski definition) is 1. The first-order valence-corrected chi connectivity index (χ1v) is 8.36. The lowest BCUT2D eigenvalue weighted by molar-refractivity contribution is -0.122. The first kappa shape index (κ1) is 14.8. The zero-order valence-corrected chi connectivity index (χ0v) is 13.6. The molecule has 0 spiro atoms. The van der Waals surface area contributed by atoms with Gasteiger partial charge in [0.2, 0.25) is 5.91 Å². The van der Waals surface area contributed by atoms with Crippen LogP contribution in [0.25, 0.3) is 4.96 Å². The molecule has 1 N–H and O–H groups in total. The Kier molecular flexibility index (Phi) is 3.99. The highest BCUT2D eigenvalue weighted by Crippen LogP contribution is 2.20. The van der Waals surface area contributed by atoms with Crippen molar-refractivity contribution in [3.8, 4) is 0 Å². The van der Waals surface area contributed by atoms with Gasteiger partial charge in [0, 0.05) is 17.8 Å². The monoisotopic (exact) mass is 335 g/mol. The standard InChI is InChI=1S/C13H13N5O2S2/c1-3-4-17-9(19)7-22-13(17)16-15-11(20)10-8(2)14-12-18(10)5-6-21-12/h3-6H,7H2,1-2H3,(H,15,20)/b4-3+,16-13+. The fourth-order valence-electron chi connectivity index (χ4n) is 2.07. The van der Waals surface area contributed by atoms with Gasteiger partial charge in [0.05, 0.1) is 11.4 Å². The summed E-state index contributed by atoms with van der Waals surface area (Å²) in [5, 5.41) is 6.38. The molecule has 2 amide bonds. The van der Waals surface area contributed by atoms with Crippen LogP contribution in [0.1, 0.15) is 23.1 Å². The summed E-state index contributed by atoms with van der Waals surface area (Å²) < 4.78 is 1.73. The fraction of sp³-hybridized carbons (Fsp3) is 0.231. The first-order chi connectivity index (χ1) is 10.6. The van der Waals surface area contributed by atoms with Gasteiger partial charge < -0.3 is 0 Å². The molecule has 2 aromatic rings. The Hall–Kier alpha value is -2.13. The second kappa shape index (κ2) is 5.93. The van der Waals surface area contributed by atoms with E-state index in [1.54, 1.807) is 29.8 Å². The Bertz CT molecular complexity index is 805. The van der Waals surface area contributed by atoms with Crippen molar-refractivity contribution < 1.29 is 9.59 Å². The number of aryl methyl sites for hydroxylation is 1. The minimum Gasteiger partial charge on any atom is -0.286 e. The maximum atomic E-state index is 12.3. The largest absolute Gasteiger partial charge is 0.290 e. The van der Waals surface area contributed by atoms with Crippen molar-refractivity contribution in [1.82, 2.24) is 19.7 Å². The number of imidazole rings is 1. The smallest absolute Gasteiger partial charge is 0.286 e. The second-order valence-corrected chi connectivity index (χ2v) is 6.29. The summed E-state index contributed by atoms with van der Waals surface area (Å²) in [6, 6.07) is 0. The van der Waals surface area contributed by atoms with Crippen LogP contribution in [0.4, 0.5) is 0 Å². The summed E-state index contributed by atoms with van der Waals surface area (Å²) in [6.45, 7) is 3.59. The molecule has 2 aromatic heterocycles. The van der Waals surface area contributed by atoms with Crippen molar-refractivity contribution in [2.75, 3.05) is 5.75 Å². The van der Waals surface area contributed by atoms with Gasteiger partial charge in [-0.05, 0) is 13.8 Å². The summed E-state index contributed by atoms with van der Waals surface area (Å²) in [5.41, 5.74) is 3.60. The van der Waals surface area contributed by atoms with Crippen LogP contribution < -0.4 is 5.43 Å². The molecule has 0 bridgehead atoms. The number of carbonyl (C=O) groups excluding carboxylic acids is 2.